The van der Waals surface area contributed by atoms with Crippen LogP contribution < -0.4 is 4.72 Å². The van der Waals surface area contributed by atoms with Gasteiger partial charge < -0.3 is 4.74 Å². The minimum Gasteiger partial charge on any atom is -0.465 e. The summed E-state index contributed by atoms with van der Waals surface area (Å²) >= 11 is 5.68. The van der Waals surface area contributed by atoms with E-state index in [1.165, 1.54) is 42.7 Å². The van der Waals surface area contributed by atoms with Gasteiger partial charge in [0.2, 0.25) is 10.0 Å². The number of nitrogens with one attached hydrogen (secondary N) is 1. The molecule has 0 bridgehead atoms. The molecule has 3 aromatic carbocycles. The van der Waals surface area contributed by atoms with Crippen LogP contribution in [0, 0.1) is 11.6 Å². The SMILES string of the molecule is CCCc1ccccc1.COC(=O)c1ccc(CNS(=O)(=O)c2ccc(Cl)cc2)c(F)c1F. The van der Waals surface area contributed by atoms with Gasteiger partial charge in [-0.3, -0.25) is 0 Å². The molecule has 0 unspecified atom stereocenters. The monoisotopic (exact) mass is 495 g/mol. The van der Waals surface area contributed by atoms with Crippen molar-refractivity contribution in [2.24, 2.45) is 0 Å². The third kappa shape index (κ3) is 7.63. The number of methoxy groups -OCH3 is 1. The van der Waals surface area contributed by atoms with E-state index in [1.54, 1.807) is 0 Å². The predicted octanol–water partition coefficient (Wildman–Crippen LogP) is 5.52. The molecule has 33 heavy (non-hydrogen) atoms. The van der Waals surface area contributed by atoms with Crippen LogP contribution in [0.5, 0.6) is 0 Å². The summed E-state index contributed by atoms with van der Waals surface area (Å²) in [7, 11) is -2.89. The van der Waals surface area contributed by atoms with E-state index in [4.69, 9.17) is 11.6 Å². The summed E-state index contributed by atoms with van der Waals surface area (Å²) in [6.45, 7) is 1.71. The van der Waals surface area contributed by atoms with Gasteiger partial charge in [0.05, 0.1) is 17.6 Å². The summed E-state index contributed by atoms with van der Waals surface area (Å²) < 4.78 is 58.4. The molecular weight excluding hydrogens is 472 g/mol. The highest BCUT2D eigenvalue weighted by molar-refractivity contribution is 7.89. The van der Waals surface area contributed by atoms with Crippen LogP contribution in [-0.4, -0.2) is 21.5 Å². The molecule has 0 saturated carbocycles. The number of hydrogen-bond acceptors (Lipinski definition) is 4. The summed E-state index contributed by atoms with van der Waals surface area (Å²) in [4.78, 5) is 11.2. The molecule has 0 radical (unpaired) electrons. The van der Waals surface area contributed by atoms with Gasteiger partial charge in [-0.05, 0) is 42.3 Å². The fourth-order valence-corrected chi connectivity index (χ4v) is 3.93. The minimum absolute atomic E-state index is 0.0704. The molecule has 0 fully saturated rings. The predicted molar refractivity (Wildman–Crippen MR) is 124 cm³/mol. The lowest BCUT2D eigenvalue weighted by atomic mass is 10.1. The summed E-state index contributed by atoms with van der Waals surface area (Å²) in [6.07, 6.45) is 2.45. The first-order valence-corrected chi connectivity index (χ1v) is 11.9. The lowest BCUT2D eigenvalue weighted by Crippen LogP contribution is -2.24. The van der Waals surface area contributed by atoms with Crippen molar-refractivity contribution in [3.8, 4) is 0 Å². The van der Waals surface area contributed by atoms with Crippen molar-refractivity contribution >= 4 is 27.6 Å². The Morgan fingerprint density at radius 2 is 1.61 bits per heavy atom. The highest BCUT2D eigenvalue weighted by Crippen LogP contribution is 2.19. The molecule has 176 valence electrons. The number of carbonyl (C=O) groups is 1. The Morgan fingerprint density at radius 3 is 2.18 bits per heavy atom. The van der Waals surface area contributed by atoms with Gasteiger partial charge in [0.25, 0.3) is 0 Å². The number of halogens is 3. The molecule has 0 amide bonds. The van der Waals surface area contributed by atoms with Gasteiger partial charge in [-0.2, -0.15) is 0 Å². The molecule has 0 aliphatic heterocycles. The molecule has 0 saturated heterocycles. The van der Waals surface area contributed by atoms with Crippen LogP contribution in [-0.2, 0) is 27.7 Å². The first-order chi connectivity index (χ1) is 15.7. The number of aryl methyl sites for hydroxylation is 1. The Labute approximate surface area is 197 Å². The fourth-order valence-electron chi connectivity index (χ4n) is 2.80. The normalized spacial score (nSPS) is 10.8. The number of benzene rings is 3. The van der Waals surface area contributed by atoms with Crippen LogP contribution in [0.4, 0.5) is 8.78 Å². The van der Waals surface area contributed by atoms with Crippen molar-refractivity contribution < 1.29 is 26.7 Å². The van der Waals surface area contributed by atoms with E-state index in [2.05, 4.69) is 46.7 Å². The zero-order chi connectivity index (χ0) is 24.4. The molecule has 5 nitrogen and oxygen atoms in total. The molecule has 0 spiro atoms. The van der Waals surface area contributed by atoms with Gasteiger partial charge in [0.15, 0.2) is 11.6 Å². The summed E-state index contributed by atoms with van der Waals surface area (Å²) in [5.74, 6) is -3.75. The van der Waals surface area contributed by atoms with E-state index in [9.17, 15) is 22.0 Å². The Balaban J connectivity index is 0.000000357. The van der Waals surface area contributed by atoms with E-state index >= 15 is 0 Å². The van der Waals surface area contributed by atoms with Gasteiger partial charge in [-0.1, -0.05) is 61.3 Å². The van der Waals surface area contributed by atoms with Crippen LogP contribution in [0.3, 0.4) is 0 Å². The molecule has 3 rings (SSSR count). The van der Waals surface area contributed by atoms with Crippen molar-refractivity contribution in [2.45, 2.75) is 31.2 Å². The maximum absolute atomic E-state index is 14.0. The zero-order valence-corrected chi connectivity index (χ0v) is 19.7. The highest BCUT2D eigenvalue weighted by atomic mass is 35.5. The van der Waals surface area contributed by atoms with E-state index < -0.39 is 39.7 Å². The second-order valence-electron chi connectivity index (χ2n) is 6.91. The largest absolute Gasteiger partial charge is 0.465 e. The molecule has 0 aliphatic rings. The van der Waals surface area contributed by atoms with Crippen molar-refractivity contribution in [1.82, 2.24) is 4.72 Å². The van der Waals surface area contributed by atoms with Crippen LogP contribution in [0.2, 0.25) is 5.02 Å². The maximum Gasteiger partial charge on any atom is 0.340 e. The number of esters is 1. The molecule has 0 aliphatic carbocycles. The van der Waals surface area contributed by atoms with Gasteiger partial charge in [0, 0.05) is 17.1 Å². The van der Waals surface area contributed by atoms with Gasteiger partial charge in [0.1, 0.15) is 0 Å². The zero-order valence-electron chi connectivity index (χ0n) is 18.1. The average Bonchev–Trinajstić information content (AvgIpc) is 2.81. The Kier molecular flexibility index (Phi) is 9.96. The van der Waals surface area contributed by atoms with Gasteiger partial charge in [-0.15, -0.1) is 0 Å². The summed E-state index contributed by atoms with van der Waals surface area (Å²) in [6, 6.07) is 18.0. The summed E-state index contributed by atoms with van der Waals surface area (Å²) in [5.41, 5.74) is 0.622. The van der Waals surface area contributed by atoms with E-state index in [-0.39, 0.29) is 10.5 Å². The van der Waals surface area contributed by atoms with Crippen LogP contribution in [0.1, 0.15) is 34.8 Å². The van der Waals surface area contributed by atoms with Crippen molar-refractivity contribution in [2.75, 3.05) is 7.11 Å². The highest BCUT2D eigenvalue weighted by Gasteiger charge is 2.20. The molecule has 0 atom stereocenters. The van der Waals surface area contributed by atoms with Crippen LogP contribution in [0.15, 0.2) is 71.6 Å². The molecule has 9 heteroatoms. The Bertz CT molecular complexity index is 1170. The first kappa shape index (κ1) is 26.4. The van der Waals surface area contributed by atoms with E-state index in [0.29, 0.717) is 5.02 Å². The topological polar surface area (TPSA) is 72.5 Å². The number of rotatable bonds is 7. The van der Waals surface area contributed by atoms with E-state index in [1.807, 2.05) is 0 Å². The fraction of sp³-hybridized carbons (Fsp3) is 0.208. The molecule has 3 aromatic rings. The second-order valence-corrected chi connectivity index (χ2v) is 9.11. The number of hydrogen-bond donors (Lipinski definition) is 1. The van der Waals surface area contributed by atoms with Gasteiger partial charge in [-0.25, -0.2) is 26.7 Å². The smallest absolute Gasteiger partial charge is 0.340 e. The lowest BCUT2D eigenvalue weighted by molar-refractivity contribution is 0.0594. The van der Waals surface area contributed by atoms with Crippen LogP contribution >= 0.6 is 11.6 Å². The van der Waals surface area contributed by atoms with Gasteiger partial charge >= 0.3 is 5.97 Å². The average molecular weight is 496 g/mol. The molecular formula is C24H24ClF2NO4S. The molecule has 1 N–H and O–H groups in total. The van der Waals surface area contributed by atoms with Crippen molar-refractivity contribution in [3.05, 3.63) is 100 Å². The third-order valence-corrected chi connectivity index (χ3v) is 6.19. The number of sulfonamides is 1. The maximum atomic E-state index is 14.0. The van der Waals surface area contributed by atoms with Crippen molar-refractivity contribution in [1.29, 1.82) is 0 Å². The number of ether oxygens (including phenoxy) is 1. The summed E-state index contributed by atoms with van der Waals surface area (Å²) in [5, 5.41) is 0.362. The standard InChI is InChI=1S/C15H12ClF2NO4S.C9H12/c1-23-15(20)12-7-2-9(13(17)14(12)18)8-19-24(21,22)11-5-3-10(16)4-6-11;1-2-6-9-7-4-3-5-8-9/h2-7,19H,8H2,1H3;3-5,7-8H,2,6H2,1H3. The molecule has 0 heterocycles. The van der Waals surface area contributed by atoms with Crippen LogP contribution in [0.25, 0.3) is 0 Å². The Hall–Kier alpha value is -2.81. The quantitative estimate of drug-likeness (QED) is 0.438. The third-order valence-electron chi connectivity index (χ3n) is 4.53. The second kappa shape index (κ2) is 12.4. The minimum atomic E-state index is -3.93. The van der Waals surface area contributed by atoms with E-state index in [0.717, 1.165) is 19.2 Å². The number of carbonyl (C=O) groups excluding carboxylic acids is 1. The van der Waals surface area contributed by atoms with Crippen molar-refractivity contribution in [3.63, 3.8) is 0 Å². The lowest BCUT2D eigenvalue weighted by Gasteiger charge is -2.09. The first-order valence-electron chi connectivity index (χ1n) is 10.0. The molecule has 0 aromatic heterocycles. The Morgan fingerprint density at radius 1 is 0.970 bits per heavy atom.